The van der Waals surface area contributed by atoms with Gasteiger partial charge in [0.25, 0.3) is 11.8 Å². The molecule has 0 bridgehead atoms. The molecule has 0 spiro atoms. The van der Waals surface area contributed by atoms with E-state index in [0.29, 0.717) is 17.8 Å². The molecule has 7 nitrogen and oxygen atoms in total. The maximum atomic E-state index is 13.3. The number of carbonyl (C=O) groups excluding carboxylic acids is 2. The molecule has 1 aromatic heterocycles. The molecule has 9 heteroatoms. The van der Waals surface area contributed by atoms with Crippen molar-refractivity contribution in [1.29, 1.82) is 0 Å². The molecule has 2 amide bonds. The normalized spacial score (nSPS) is 10.3. The number of ether oxygens (including phenoxy) is 1. The number of hydrogen-bond donors (Lipinski definition) is 2. The Bertz CT molecular complexity index is 822. The van der Waals surface area contributed by atoms with Crippen molar-refractivity contribution in [3.8, 4) is 5.75 Å². The molecule has 0 atom stereocenters. The maximum absolute atomic E-state index is 13.3. The molecule has 0 saturated carbocycles. The third kappa shape index (κ3) is 5.89. The van der Waals surface area contributed by atoms with Gasteiger partial charge in [-0.2, -0.15) is 0 Å². The highest BCUT2D eigenvalue weighted by Crippen LogP contribution is 2.20. The van der Waals surface area contributed by atoms with Gasteiger partial charge in [-0.3, -0.25) is 9.59 Å². The summed E-state index contributed by atoms with van der Waals surface area (Å²) in [5.74, 6) is -1.20. The van der Waals surface area contributed by atoms with Crippen LogP contribution in [0.4, 0.5) is 4.39 Å². The van der Waals surface area contributed by atoms with Gasteiger partial charge in [0.1, 0.15) is 11.6 Å². The molecular formula is C17H17ClFN3O4. The largest absolute Gasteiger partial charge is 0.484 e. The third-order valence-corrected chi connectivity index (χ3v) is 3.45. The lowest BCUT2D eigenvalue weighted by atomic mass is 10.3. The summed E-state index contributed by atoms with van der Waals surface area (Å²) < 4.78 is 23.3. The lowest BCUT2D eigenvalue weighted by Gasteiger charge is -2.10. The zero-order chi connectivity index (χ0) is 19.1. The lowest BCUT2D eigenvalue weighted by molar-refractivity contribution is -0.122. The van der Waals surface area contributed by atoms with Crippen molar-refractivity contribution in [1.82, 2.24) is 15.8 Å². The molecule has 0 saturated heterocycles. The van der Waals surface area contributed by atoms with Gasteiger partial charge >= 0.3 is 0 Å². The van der Waals surface area contributed by atoms with Crippen molar-refractivity contribution in [2.75, 3.05) is 13.2 Å². The van der Waals surface area contributed by atoms with Gasteiger partial charge in [-0.15, -0.1) is 0 Å². The van der Waals surface area contributed by atoms with E-state index in [-0.39, 0.29) is 29.7 Å². The molecule has 26 heavy (non-hydrogen) atoms. The van der Waals surface area contributed by atoms with Crippen molar-refractivity contribution in [3.63, 3.8) is 0 Å². The number of rotatable bonds is 8. The summed E-state index contributed by atoms with van der Waals surface area (Å²) in [6.07, 6.45) is 0.320. The first kappa shape index (κ1) is 19.5. The van der Waals surface area contributed by atoms with Gasteiger partial charge in [0, 0.05) is 30.8 Å². The average Bonchev–Trinajstić information content (AvgIpc) is 3.02. The molecule has 2 aromatic rings. The zero-order valence-corrected chi connectivity index (χ0v) is 14.7. The molecule has 0 aliphatic rings. The predicted molar refractivity (Wildman–Crippen MR) is 92.4 cm³/mol. The highest BCUT2D eigenvalue weighted by atomic mass is 35.5. The van der Waals surface area contributed by atoms with Gasteiger partial charge in [-0.25, -0.2) is 4.39 Å². The number of carbonyl (C=O) groups is 2. The highest BCUT2D eigenvalue weighted by Gasteiger charge is 2.11. The molecule has 138 valence electrons. The number of aryl methyl sites for hydroxylation is 1. The van der Waals surface area contributed by atoms with Crippen LogP contribution < -0.4 is 15.4 Å². The molecule has 0 aliphatic carbocycles. The number of benzene rings is 1. The summed E-state index contributed by atoms with van der Waals surface area (Å²) in [5.41, 5.74) is 1.00. The predicted octanol–water partition coefficient (Wildman–Crippen LogP) is 2.60. The van der Waals surface area contributed by atoms with Gasteiger partial charge < -0.3 is 19.9 Å². The standard InChI is InChI=1S/C17H17ClFN3O4/c1-10(5-6-20-17(24)15-7-11(2)22-26-15)21-16(23)9-25-12-3-4-13(18)14(19)8-12/h3-4,7-8H,1,5-6,9H2,2H3,(H,20,24)(H,21,23). The van der Waals surface area contributed by atoms with Crippen LogP contribution in [0.5, 0.6) is 5.75 Å². The second-order valence-electron chi connectivity index (χ2n) is 5.35. The molecule has 0 unspecified atom stereocenters. The fourth-order valence-corrected chi connectivity index (χ4v) is 2.01. The Hall–Kier alpha value is -2.87. The minimum Gasteiger partial charge on any atom is -0.484 e. The fraction of sp³-hybridized carbons (Fsp3) is 0.235. The van der Waals surface area contributed by atoms with Crippen LogP contribution in [0.2, 0.25) is 5.02 Å². The Balaban J connectivity index is 1.67. The van der Waals surface area contributed by atoms with Crippen LogP contribution in [0, 0.1) is 12.7 Å². The highest BCUT2D eigenvalue weighted by molar-refractivity contribution is 6.30. The number of nitrogens with zero attached hydrogens (tertiary/aromatic N) is 1. The second kappa shape index (κ2) is 9.00. The molecule has 1 heterocycles. The van der Waals surface area contributed by atoms with Crippen LogP contribution in [0.25, 0.3) is 0 Å². The smallest absolute Gasteiger partial charge is 0.289 e. The summed E-state index contributed by atoms with van der Waals surface area (Å²) in [5, 5.41) is 8.73. The molecular weight excluding hydrogens is 365 g/mol. The molecule has 0 aliphatic heterocycles. The topological polar surface area (TPSA) is 93.5 Å². The van der Waals surface area contributed by atoms with E-state index >= 15 is 0 Å². The summed E-state index contributed by atoms with van der Waals surface area (Å²) in [4.78, 5) is 23.5. The average molecular weight is 382 g/mol. The van der Waals surface area contributed by atoms with Gasteiger partial charge in [0.05, 0.1) is 10.7 Å². The van der Waals surface area contributed by atoms with Crippen molar-refractivity contribution in [2.45, 2.75) is 13.3 Å². The van der Waals surface area contributed by atoms with Crippen molar-refractivity contribution >= 4 is 23.4 Å². The Morgan fingerprint density at radius 2 is 2.15 bits per heavy atom. The second-order valence-corrected chi connectivity index (χ2v) is 5.76. The number of nitrogens with one attached hydrogen (secondary N) is 2. The van der Waals surface area contributed by atoms with Gasteiger partial charge in [-0.1, -0.05) is 23.3 Å². The summed E-state index contributed by atoms with van der Waals surface area (Å²) in [6.45, 7) is 5.34. The van der Waals surface area contributed by atoms with Gasteiger partial charge in [0.2, 0.25) is 5.76 Å². The SMILES string of the molecule is C=C(CCNC(=O)c1cc(C)no1)NC(=O)COc1ccc(Cl)c(F)c1. The Kier molecular flexibility index (Phi) is 6.74. The quantitative estimate of drug-likeness (QED) is 0.733. The Morgan fingerprint density at radius 3 is 2.81 bits per heavy atom. The summed E-state index contributed by atoms with van der Waals surface area (Å²) in [6, 6.07) is 5.39. The first-order chi connectivity index (χ1) is 12.3. The van der Waals surface area contributed by atoms with Crippen LogP contribution in [0.1, 0.15) is 22.7 Å². The minimum absolute atomic E-state index is 0.0299. The van der Waals surface area contributed by atoms with E-state index in [1.165, 1.54) is 18.2 Å². The monoisotopic (exact) mass is 381 g/mol. The van der Waals surface area contributed by atoms with Crippen LogP contribution in [-0.2, 0) is 4.79 Å². The maximum Gasteiger partial charge on any atom is 0.289 e. The van der Waals surface area contributed by atoms with E-state index in [1.54, 1.807) is 6.92 Å². The molecule has 0 fully saturated rings. The van der Waals surface area contributed by atoms with E-state index in [4.69, 9.17) is 20.9 Å². The van der Waals surface area contributed by atoms with E-state index in [2.05, 4.69) is 22.4 Å². The van der Waals surface area contributed by atoms with Crippen LogP contribution in [0.15, 0.2) is 41.1 Å². The van der Waals surface area contributed by atoms with Crippen molar-refractivity contribution < 1.29 is 23.2 Å². The summed E-state index contributed by atoms with van der Waals surface area (Å²) in [7, 11) is 0. The molecule has 2 rings (SSSR count). The molecule has 0 radical (unpaired) electrons. The zero-order valence-electron chi connectivity index (χ0n) is 14.0. The summed E-state index contributed by atoms with van der Waals surface area (Å²) >= 11 is 5.56. The van der Waals surface area contributed by atoms with E-state index in [1.807, 2.05) is 0 Å². The van der Waals surface area contributed by atoms with Crippen LogP contribution in [0.3, 0.4) is 0 Å². The van der Waals surface area contributed by atoms with Gasteiger partial charge in [0.15, 0.2) is 6.61 Å². The molecule has 2 N–H and O–H groups in total. The first-order valence-corrected chi connectivity index (χ1v) is 8.00. The minimum atomic E-state index is -0.633. The number of aromatic nitrogens is 1. The lowest BCUT2D eigenvalue weighted by Crippen LogP contribution is -2.30. The fourth-order valence-electron chi connectivity index (χ4n) is 1.90. The van der Waals surface area contributed by atoms with E-state index < -0.39 is 17.6 Å². The first-order valence-electron chi connectivity index (χ1n) is 7.62. The number of halogens is 2. The van der Waals surface area contributed by atoms with Crippen LogP contribution >= 0.6 is 11.6 Å². The molecule has 1 aromatic carbocycles. The van der Waals surface area contributed by atoms with Crippen molar-refractivity contribution in [3.05, 3.63) is 58.8 Å². The number of hydrogen-bond acceptors (Lipinski definition) is 5. The Labute approximate surface area is 154 Å². The van der Waals surface area contributed by atoms with Crippen molar-refractivity contribution in [2.24, 2.45) is 0 Å². The van der Waals surface area contributed by atoms with E-state index in [9.17, 15) is 14.0 Å². The third-order valence-electron chi connectivity index (χ3n) is 3.14. The van der Waals surface area contributed by atoms with E-state index in [0.717, 1.165) is 6.07 Å². The van der Waals surface area contributed by atoms with Crippen LogP contribution in [-0.4, -0.2) is 30.1 Å². The number of amides is 2. The van der Waals surface area contributed by atoms with Gasteiger partial charge in [-0.05, 0) is 19.1 Å². The Morgan fingerprint density at radius 1 is 1.38 bits per heavy atom.